The largest absolute Gasteiger partial charge is 0.392 e. The van der Waals surface area contributed by atoms with Gasteiger partial charge in [0.1, 0.15) is 0 Å². The van der Waals surface area contributed by atoms with Crippen molar-refractivity contribution in [1.82, 2.24) is 0 Å². The highest BCUT2D eigenvalue weighted by Crippen LogP contribution is 2.31. The number of rotatable bonds is 2. The van der Waals surface area contributed by atoms with Crippen molar-refractivity contribution in [3.8, 4) is 0 Å². The van der Waals surface area contributed by atoms with E-state index in [1.165, 1.54) is 0 Å². The van der Waals surface area contributed by atoms with Crippen LogP contribution in [0.5, 0.6) is 0 Å². The molecule has 15 heavy (non-hydrogen) atoms. The molecule has 0 radical (unpaired) electrons. The second-order valence-corrected chi connectivity index (χ2v) is 3.47. The lowest BCUT2D eigenvalue weighted by Gasteiger charge is -2.18. The second kappa shape index (κ2) is 3.43. The van der Waals surface area contributed by atoms with Crippen LogP contribution in [0.1, 0.15) is 18.1 Å². The van der Waals surface area contributed by atoms with E-state index in [4.69, 9.17) is 9.94 Å². The van der Waals surface area contributed by atoms with E-state index in [-0.39, 0.29) is 6.61 Å². The van der Waals surface area contributed by atoms with Crippen LogP contribution in [0.15, 0.2) is 34.7 Å². The van der Waals surface area contributed by atoms with E-state index >= 15 is 0 Å². The third-order valence-corrected chi connectivity index (χ3v) is 2.42. The fraction of sp³-hybridized carbons (Fsp3) is 0.300. The molecule has 1 amide bonds. The molecule has 1 unspecified atom stereocenters. The van der Waals surface area contributed by atoms with Crippen LogP contribution in [-0.2, 0) is 21.8 Å². The van der Waals surface area contributed by atoms with E-state index in [1.807, 2.05) is 0 Å². The first-order chi connectivity index (χ1) is 7.16. The molecule has 1 N–H and O–H groups in total. The zero-order valence-electron chi connectivity index (χ0n) is 8.17. The van der Waals surface area contributed by atoms with Crippen LogP contribution in [0.4, 0.5) is 0 Å². The van der Waals surface area contributed by atoms with Crippen molar-refractivity contribution in [2.75, 3.05) is 0 Å². The van der Waals surface area contributed by atoms with Crippen molar-refractivity contribution >= 4 is 5.91 Å². The number of carbonyl (C=O) groups excluding carboxylic acids is 1. The van der Waals surface area contributed by atoms with Crippen molar-refractivity contribution in [1.29, 1.82) is 0 Å². The highest BCUT2D eigenvalue weighted by molar-refractivity contribution is 5.87. The van der Waals surface area contributed by atoms with Crippen LogP contribution in [-0.4, -0.2) is 11.0 Å². The summed E-state index contributed by atoms with van der Waals surface area (Å²) in [4.78, 5) is 16.4. The van der Waals surface area contributed by atoms with Crippen LogP contribution in [0.2, 0.25) is 0 Å². The lowest BCUT2D eigenvalue weighted by molar-refractivity contribution is -0.133. The van der Waals surface area contributed by atoms with Gasteiger partial charge in [0.25, 0.3) is 0 Å². The molecule has 2 rings (SSSR count). The maximum atomic E-state index is 11.4. The monoisotopic (exact) mass is 206 g/mol. The second-order valence-electron chi connectivity index (χ2n) is 3.47. The first-order valence-electron chi connectivity index (χ1n) is 4.51. The molecule has 0 saturated carbocycles. The molecule has 5 nitrogen and oxygen atoms in total. The predicted molar refractivity (Wildman–Crippen MR) is 50.7 cm³/mol. The fourth-order valence-electron chi connectivity index (χ4n) is 1.42. The van der Waals surface area contributed by atoms with Gasteiger partial charge in [-0.2, -0.15) is 0 Å². The summed E-state index contributed by atoms with van der Waals surface area (Å²) < 4.78 is 0. The average Bonchev–Trinajstić information content (AvgIpc) is 2.61. The number of carbonyl (C=O) groups is 1. The first-order valence-corrected chi connectivity index (χ1v) is 4.51. The summed E-state index contributed by atoms with van der Waals surface area (Å²) in [5.74, 6) is -0.433. The Bertz CT molecular complexity index is 430. The smallest absolute Gasteiger partial charge is 0.318 e. The Balaban J connectivity index is 2.41. The standard InChI is InChI=1S/C10H10N2O3/c1-10(9(14)11-12-15-10)8-4-2-3-7(5-8)6-13/h2-5,13H,6H2,1H3. The third-order valence-electron chi connectivity index (χ3n) is 2.42. The maximum Gasteiger partial charge on any atom is 0.318 e. The Hall–Kier alpha value is -1.75. The maximum absolute atomic E-state index is 11.4. The average molecular weight is 206 g/mol. The van der Waals surface area contributed by atoms with Crippen LogP contribution in [0.3, 0.4) is 0 Å². The van der Waals surface area contributed by atoms with E-state index in [9.17, 15) is 4.79 Å². The SMILES string of the molecule is CC1(c2cccc(CO)c2)ON=NC1=O. The summed E-state index contributed by atoms with van der Waals surface area (Å²) in [6.07, 6.45) is 0. The van der Waals surface area contributed by atoms with Crippen LogP contribution < -0.4 is 0 Å². The third kappa shape index (κ3) is 1.50. The molecule has 0 aliphatic carbocycles. The molecule has 0 bridgehead atoms. The Morgan fingerprint density at radius 1 is 1.53 bits per heavy atom. The predicted octanol–water partition coefficient (Wildman–Crippen LogP) is 1.32. The van der Waals surface area contributed by atoms with E-state index in [0.29, 0.717) is 5.56 Å². The van der Waals surface area contributed by atoms with Crippen LogP contribution >= 0.6 is 0 Å². The van der Waals surface area contributed by atoms with Gasteiger partial charge in [0.2, 0.25) is 5.60 Å². The van der Waals surface area contributed by atoms with E-state index < -0.39 is 11.5 Å². The van der Waals surface area contributed by atoms with Gasteiger partial charge in [-0.3, -0.25) is 4.79 Å². The summed E-state index contributed by atoms with van der Waals surface area (Å²) in [6.45, 7) is 1.53. The number of benzene rings is 1. The van der Waals surface area contributed by atoms with Crippen LogP contribution in [0.25, 0.3) is 0 Å². The van der Waals surface area contributed by atoms with Gasteiger partial charge in [0, 0.05) is 10.8 Å². The summed E-state index contributed by atoms with van der Waals surface area (Å²) in [7, 11) is 0. The normalized spacial score (nSPS) is 24.3. The van der Waals surface area contributed by atoms with Crippen molar-refractivity contribution in [2.24, 2.45) is 10.4 Å². The Labute approximate surface area is 86.4 Å². The zero-order valence-corrected chi connectivity index (χ0v) is 8.17. The minimum Gasteiger partial charge on any atom is -0.392 e. The number of nitrogens with zero attached hydrogens (tertiary/aromatic N) is 2. The topological polar surface area (TPSA) is 71.2 Å². The van der Waals surface area contributed by atoms with Crippen molar-refractivity contribution in [3.05, 3.63) is 35.4 Å². The molecule has 1 aliphatic rings. The number of aliphatic hydroxyl groups excluding tert-OH is 1. The molecule has 1 atom stereocenters. The lowest BCUT2D eigenvalue weighted by atomic mass is 9.94. The van der Waals surface area contributed by atoms with Crippen molar-refractivity contribution < 1.29 is 14.7 Å². The van der Waals surface area contributed by atoms with Gasteiger partial charge in [0.15, 0.2) is 0 Å². The minimum absolute atomic E-state index is 0.0770. The van der Waals surface area contributed by atoms with Gasteiger partial charge in [0.05, 0.1) is 6.61 Å². The number of amides is 1. The quantitative estimate of drug-likeness (QED) is 0.793. The van der Waals surface area contributed by atoms with Gasteiger partial charge in [-0.05, 0) is 18.6 Å². The Kier molecular flexibility index (Phi) is 2.24. The Morgan fingerprint density at radius 2 is 2.33 bits per heavy atom. The molecule has 1 aromatic rings. The molecule has 1 heterocycles. The van der Waals surface area contributed by atoms with Gasteiger partial charge in [-0.1, -0.05) is 23.3 Å². The van der Waals surface area contributed by atoms with Gasteiger partial charge >= 0.3 is 5.91 Å². The summed E-state index contributed by atoms with van der Waals surface area (Å²) >= 11 is 0. The molecule has 0 fully saturated rings. The molecule has 5 heteroatoms. The summed E-state index contributed by atoms with van der Waals surface area (Å²) in [6, 6.07) is 6.96. The zero-order chi connectivity index (χ0) is 10.9. The molecule has 0 saturated heterocycles. The molecule has 0 aromatic heterocycles. The molecule has 1 aliphatic heterocycles. The fourth-order valence-corrected chi connectivity index (χ4v) is 1.42. The molecule has 78 valence electrons. The van der Waals surface area contributed by atoms with E-state index in [2.05, 4.69) is 10.4 Å². The highest BCUT2D eigenvalue weighted by atomic mass is 16.7. The summed E-state index contributed by atoms with van der Waals surface area (Å²) in [5.41, 5.74) is 0.214. The molecular weight excluding hydrogens is 196 g/mol. The molecular formula is C10H10N2O3. The number of hydrogen-bond donors (Lipinski definition) is 1. The highest BCUT2D eigenvalue weighted by Gasteiger charge is 2.42. The summed E-state index contributed by atoms with van der Waals surface area (Å²) in [5, 5.41) is 15.6. The van der Waals surface area contributed by atoms with Gasteiger partial charge < -0.3 is 9.94 Å². The van der Waals surface area contributed by atoms with Crippen LogP contribution in [0, 0.1) is 0 Å². The number of aliphatic hydroxyl groups is 1. The minimum atomic E-state index is -1.15. The van der Waals surface area contributed by atoms with E-state index in [0.717, 1.165) is 5.56 Å². The lowest BCUT2D eigenvalue weighted by Crippen LogP contribution is -2.29. The van der Waals surface area contributed by atoms with E-state index in [1.54, 1.807) is 31.2 Å². The molecule has 0 spiro atoms. The van der Waals surface area contributed by atoms with Gasteiger partial charge in [-0.25, -0.2) is 0 Å². The first kappa shape index (κ1) is 9.79. The number of hydrogen-bond acceptors (Lipinski definition) is 4. The van der Waals surface area contributed by atoms with Crippen molar-refractivity contribution in [2.45, 2.75) is 19.1 Å². The van der Waals surface area contributed by atoms with Crippen molar-refractivity contribution in [3.63, 3.8) is 0 Å². The Morgan fingerprint density at radius 3 is 2.93 bits per heavy atom. The molecule has 1 aromatic carbocycles. The van der Waals surface area contributed by atoms with Gasteiger partial charge in [-0.15, -0.1) is 0 Å².